The van der Waals surface area contributed by atoms with Crippen LogP contribution < -0.4 is 5.32 Å². The third kappa shape index (κ3) is 8.18. The molecule has 19 heavy (non-hydrogen) atoms. The Morgan fingerprint density at radius 3 is 2.63 bits per heavy atom. The number of carbonyl (C=O) groups is 1. The van der Waals surface area contributed by atoms with Crippen molar-refractivity contribution in [3.63, 3.8) is 0 Å². The van der Waals surface area contributed by atoms with E-state index in [0.29, 0.717) is 19.8 Å². The van der Waals surface area contributed by atoms with Gasteiger partial charge in [0, 0.05) is 26.8 Å². The summed E-state index contributed by atoms with van der Waals surface area (Å²) in [6, 6.07) is 0. The molecule has 1 saturated heterocycles. The fourth-order valence-corrected chi connectivity index (χ4v) is 2.15. The van der Waals surface area contributed by atoms with Crippen molar-refractivity contribution in [2.45, 2.75) is 32.1 Å². The Kier molecular flexibility index (Phi) is 9.67. The first-order chi connectivity index (χ1) is 9.34. The fraction of sp³-hybridized carbons (Fsp3) is 0.929. The number of unbranched alkanes of at least 4 members (excludes halogenated alkanes) is 1. The molecule has 1 amide bonds. The molecule has 1 fully saturated rings. The summed E-state index contributed by atoms with van der Waals surface area (Å²) in [6.07, 6.45) is 5.64. The summed E-state index contributed by atoms with van der Waals surface area (Å²) < 4.78 is 10.3. The van der Waals surface area contributed by atoms with Crippen LogP contribution >= 0.6 is 0 Å². The lowest BCUT2D eigenvalue weighted by Gasteiger charge is -2.26. The third-order valence-electron chi connectivity index (χ3n) is 3.31. The molecule has 5 heteroatoms. The fourth-order valence-electron chi connectivity index (χ4n) is 2.15. The van der Waals surface area contributed by atoms with E-state index in [0.717, 1.165) is 51.9 Å². The van der Waals surface area contributed by atoms with Crippen LogP contribution in [0.4, 0.5) is 0 Å². The van der Waals surface area contributed by atoms with Gasteiger partial charge in [0.25, 0.3) is 0 Å². The normalized spacial score (nSPS) is 15.7. The predicted octanol–water partition coefficient (Wildman–Crippen LogP) is 1.03. The Morgan fingerprint density at radius 1 is 1.11 bits per heavy atom. The minimum Gasteiger partial charge on any atom is -0.382 e. The lowest BCUT2D eigenvalue weighted by atomic mass is 10.1. The van der Waals surface area contributed by atoms with Crippen LogP contribution in [0.2, 0.25) is 0 Å². The van der Waals surface area contributed by atoms with Gasteiger partial charge in [-0.05, 0) is 38.6 Å². The molecule has 0 aromatic heterocycles. The lowest BCUT2D eigenvalue weighted by molar-refractivity contribution is -0.131. The largest absolute Gasteiger partial charge is 0.382 e. The van der Waals surface area contributed by atoms with Gasteiger partial charge in [0.15, 0.2) is 0 Å². The van der Waals surface area contributed by atoms with Gasteiger partial charge >= 0.3 is 0 Å². The van der Waals surface area contributed by atoms with Crippen LogP contribution in [0.3, 0.4) is 0 Å². The number of likely N-dealkylation sites (tertiary alicyclic amines) is 1. The highest BCUT2D eigenvalue weighted by atomic mass is 16.5. The van der Waals surface area contributed by atoms with Crippen molar-refractivity contribution in [1.82, 2.24) is 10.2 Å². The van der Waals surface area contributed by atoms with E-state index < -0.39 is 0 Å². The van der Waals surface area contributed by atoms with Crippen molar-refractivity contribution in [2.75, 3.05) is 53.1 Å². The first-order valence-electron chi connectivity index (χ1n) is 7.40. The summed E-state index contributed by atoms with van der Waals surface area (Å²) in [5.41, 5.74) is 0. The summed E-state index contributed by atoms with van der Waals surface area (Å²) in [5.74, 6) is 0.246. The van der Waals surface area contributed by atoms with Gasteiger partial charge in [0.2, 0.25) is 5.91 Å². The highest BCUT2D eigenvalue weighted by molar-refractivity contribution is 5.78. The standard InChI is InChI=1S/C14H28N2O3/c1-18-11-12-19-10-6-3-7-15-13-14(17)16-8-4-2-5-9-16/h15H,2-13H2,1H3. The van der Waals surface area contributed by atoms with E-state index in [-0.39, 0.29) is 5.91 Å². The van der Waals surface area contributed by atoms with Crippen LogP contribution in [-0.4, -0.2) is 63.9 Å². The maximum Gasteiger partial charge on any atom is 0.236 e. The second-order valence-corrected chi connectivity index (χ2v) is 4.93. The number of ether oxygens (including phenoxy) is 2. The average Bonchev–Trinajstić information content (AvgIpc) is 2.46. The van der Waals surface area contributed by atoms with Gasteiger partial charge in [0.05, 0.1) is 19.8 Å². The lowest BCUT2D eigenvalue weighted by Crippen LogP contribution is -2.41. The smallest absolute Gasteiger partial charge is 0.236 e. The molecule has 0 atom stereocenters. The SMILES string of the molecule is COCCOCCCCNCC(=O)N1CCCCC1. The zero-order valence-electron chi connectivity index (χ0n) is 12.2. The van der Waals surface area contributed by atoms with E-state index in [2.05, 4.69) is 5.32 Å². The molecule has 0 saturated carbocycles. The molecule has 0 aliphatic carbocycles. The molecule has 0 radical (unpaired) electrons. The van der Waals surface area contributed by atoms with Gasteiger partial charge in [-0.1, -0.05) is 0 Å². The topological polar surface area (TPSA) is 50.8 Å². The molecule has 5 nitrogen and oxygen atoms in total. The van der Waals surface area contributed by atoms with Crippen molar-refractivity contribution in [3.8, 4) is 0 Å². The van der Waals surface area contributed by atoms with Crippen LogP contribution in [-0.2, 0) is 14.3 Å². The van der Waals surface area contributed by atoms with Gasteiger partial charge < -0.3 is 19.7 Å². The van der Waals surface area contributed by atoms with Crippen LogP contribution in [0.25, 0.3) is 0 Å². The van der Waals surface area contributed by atoms with Gasteiger partial charge in [-0.2, -0.15) is 0 Å². The van der Waals surface area contributed by atoms with E-state index in [1.165, 1.54) is 6.42 Å². The van der Waals surface area contributed by atoms with E-state index in [4.69, 9.17) is 9.47 Å². The zero-order chi connectivity index (χ0) is 13.8. The maximum atomic E-state index is 11.8. The second kappa shape index (κ2) is 11.2. The Balaban J connectivity index is 1.86. The number of methoxy groups -OCH3 is 1. The predicted molar refractivity (Wildman–Crippen MR) is 75.2 cm³/mol. The molecule has 1 heterocycles. The quantitative estimate of drug-likeness (QED) is 0.604. The van der Waals surface area contributed by atoms with Crippen LogP contribution in [0.1, 0.15) is 32.1 Å². The third-order valence-corrected chi connectivity index (χ3v) is 3.31. The number of hydrogen-bond donors (Lipinski definition) is 1. The van der Waals surface area contributed by atoms with Crippen molar-refractivity contribution in [2.24, 2.45) is 0 Å². The van der Waals surface area contributed by atoms with Crippen molar-refractivity contribution < 1.29 is 14.3 Å². The van der Waals surface area contributed by atoms with Gasteiger partial charge in [0.1, 0.15) is 0 Å². The molecule has 0 bridgehead atoms. The average molecular weight is 272 g/mol. The Hall–Kier alpha value is -0.650. The first kappa shape index (κ1) is 16.4. The van der Waals surface area contributed by atoms with Gasteiger partial charge in [-0.25, -0.2) is 0 Å². The maximum absolute atomic E-state index is 11.8. The molecule has 0 aromatic rings. The highest BCUT2D eigenvalue weighted by Gasteiger charge is 2.15. The monoisotopic (exact) mass is 272 g/mol. The van der Waals surface area contributed by atoms with Crippen LogP contribution in [0.15, 0.2) is 0 Å². The van der Waals surface area contributed by atoms with E-state index in [1.807, 2.05) is 4.90 Å². The van der Waals surface area contributed by atoms with E-state index in [9.17, 15) is 4.79 Å². The first-order valence-corrected chi connectivity index (χ1v) is 7.40. The molecule has 1 aliphatic rings. The van der Waals surface area contributed by atoms with Crippen molar-refractivity contribution in [3.05, 3.63) is 0 Å². The van der Waals surface area contributed by atoms with Crippen molar-refractivity contribution in [1.29, 1.82) is 0 Å². The number of nitrogens with zero attached hydrogens (tertiary/aromatic N) is 1. The molecule has 112 valence electrons. The number of nitrogens with one attached hydrogen (secondary N) is 1. The summed E-state index contributed by atoms with van der Waals surface area (Å²) >= 11 is 0. The minimum absolute atomic E-state index is 0.246. The van der Waals surface area contributed by atoms with Crippen LogP contribution in [0.5, 0.6) is 0 Å². The summed E-state index contributed by atoms with van der Waals surface area (Å²) in [5, 5.41) is 3.21. The highest BCUT2D eigenvalue weighted by Crippen LogP contribution is 2.08. The molecule has 1 aliphatic heterocycles. The zero-order valence-corrected chi connectivity index (χ0v) is 12.2. The molecule has 0 unspecified atom stereocenters. The molecule has 1 N–H and O–H groups in total. The Morgan fingerprint density at radius 2 is 1.89 bits per heavy atom. The molecular formula is C14H28N2O3. The molecular weight excluding hydrogens is 244 g/mol. The number of piperidine rings is 1. The molecule has 1 rings (SSSR count). The number of carbonyl (C=O) groups excluding carboxylic acids is 1. The van der Waals surface area contributed by atoms with E-state index in [1.54, 1.807) is 7.11 Å². The van der Waals surface area contributed by atoms with Gasteiger partial charge in [-0.3, -0.25) is 4.79 Å². The van der Waals surface area contributed by atoms with Gasteiger partial charge in [-0.15, -0.1) is 0 Å². The van der Waals surface area contributed by atoms with Crippen LogP contribution in [0, 0.1) is 0 Å². The van der Waals surface area contributed by atoms with Crippen molar-refractivity contribution >= 4 is 5.91 Å². The summed E-state index contributed by atoms with van der Waals surface area (Å²) in [6.45, 7) is 5.32. The number of hydrogen-bond acceptors (Lipinski definition) is 4. The second-order valence-electron chi connectivity index (χ2n) is 4.93. The summed E-state index contributed by atoms with van der Waals surface area (Å²) in [7, 11) is 1.67. The molecule has 0 spiro atoms. The minimum atomic E-state index is 0.246. The molecule has 0 aromatic carbocycles. The Bertz CT molecular complexity index is 231. The van der Waals surface area contributed by atoms with E-state index >= 15 is 0 Å². The number of rotatable bonds is 10. The number of amides is 1. The Labute approximate surface area is 116 Å². The summed E-state index contributed by atoms with van der Waals surface area (Å²) in [4.78, 5) is 13.8.